The smallest absolute Gasteiger partial charge is 0.310 e. The number of hydrogen-bond acceptors (Lipinski definition) is 1. The highest BCUT2D eigenvalue weighted by molar-refractivity contribution is 8.45. The van der Waals surface area contributed by atoms with Crippen molar-refractivity contribution in [2.24, 2.45) is 0 Å². The molecule has 0 bridgehead atoms. The molecule has 0 atom stereocenters. The van der Waals surface area contributed by atoms with E-state index in [1.165, 1.54) is 30.3 Å². The van der Waals surface area contributed by atoms with Crippen LogP contribution in [0.4, 0.5) is 25.1 Å². The van der Waals surface area contributed by atoms with E-state index in [0.29, 0.717) is 16.7 Å². The lowest BCUT2D eigenvalue weighted by atomic mass is 10.1. The van der Waals surface area contributed by atoms with E-state index < -0.39 is 15.1 Å². The average molecular weight is 330 g/mol. The minimum Gasteiger partial charge on any atom is -0.399 e. The molecule has 0 aromatic heterocycles. The lowest BCUT2D eigenvalue weighted by Gasteiger charge is -2.40. The quantitative estimate of drug-likeness (QED) is 0.511. The van der Waals surface area contributed by atoms with Crippen LogP contribution < -0.4 is 5.73 Å². The molecule has 2 aromatic rings. The Morgan fingerprint density at radius 2 is 1.35 bits per heavy atom. The molecular weight excluding hydrogens is 321 g/mol. The third-order valence-electron chi connectivity index (χ3n) is 2.55. The lowest BCUT2D eigenvalue weighted by molar-refractivity contribution is 0.364. The topological polar surface area (TPSA) is 26.0 Å². The van der Waals surface area contributed by atoms with Crippen LogP contribution in [0.2, 0.25) is 5.02 Å². The molecule has 1 nitrogen and oxygen atoms in total. The van der Waals surface area contributed by atoms with E-state index in [1.54, 1.807) is 0 Å². The van der Waals surface area contributed by atoms with Crippen molar-refractivity contribution in [3.63, 3.8) is 0 Å². The van der Waals surface area contributed by atoms with Crippen molar-refractivity contribution < 1.29 is 19.4 Å². The van der Waals surface area contributed by atoms with E-state index in [4.69, 9.17) is 17.3 Å². The first-order chi connectivity index (χ1) is 8.85. The molecule has 0 amide bonds. The van der Waals surface area contributed by atoms with Crippen molar-refractivity contribution in [1.82, 2.24) is 0 Å². The summed E-state index contributed by atoms with van der Waals surface area (Å²) in [5, 5.41) is 0.380. The van der Waals surface area contributed by atoms with Gasteiger partial charge < -0.3 is 5.73 Å². The summed E-state index contributed by atoms with van der Waals surface area (Å²) in [6, 6.07) is 7.55. The maximum Gasteiger partial charge on any atom is 0.310 e. The third kappa shape index (κ3) is 3.34. The minimum absolute atomic E-state index is 0.0510. The second-order valence-electron chi connectivity index (χ2n) is 4.27. The molecular formula is C12H9ClF5NS. The second kappa shape index (κ2) is 3.79. The van der Waals surface area contributed by atoms with E-state index in [0.717, 1.165) is 0 Å². The number of nitrogen functional groups attached to an aromatic ring is 1. The van der Waals surface area contributed by atoms with Crippen molar-refractivity contribution in [1.29, 1.82) is 0 Å². The van der Waals surface area contributed by atoms with Gasteiger partial charge >= 0.3 is 10.2 Å². The van der Waals surface area contributed by atoms with Crippen LogP contribution in [-0.4, -0.2) is 0 Å². The summed E-state index contributed by atoms with van der Waals surface area (Å²) >= 11 is 5.66. The number of rotatable bonds is 2. The van der Waals surface area contributed by atoms with Gasteiger partial charge in [0.1, 0.15) is 4.90 Å². The molecule has 0 heterocycles. The lowest BCUT2D eigenvalue weighted by Crippen LogP contribution is -2.07. The van der Waals surface area contributed by atoms with Gasteiger partial charge in [-0.05, 0) is 41.5 Å². The van der Waals surface area contributed by atoms with Crippen LogP contribution in [0.15, 0.2) is 47.4 Å². The molecule has 0 aliphatic heterocycles. The molecule has 8 heteroatoms. The van der Waals surface area contributed by atoms with Crippen LogP contribution in [0.1, 0.15) is 0 Å². The fourth-order valence-electron chi connectivity index (χ4n) is 1.65. The predicted molar refractivity (Wildman–Crippen MR) is 72.7 cm³/mol. The highest BCUT2D eigenvalue weighted by Crippen LogP contribution is 3.02. The SMILES string of the molecule is Nc1cc(-c2ccc(Cl)cc2)cc(S(F)(F)(F)(F)F)c1. The van der Waals surface area contributed by atoms with E-state index in [-0.39, 0.29) is 17.3 Å². The number of nitrogens with two attached hydrogens (primary N) is 1. The molecule has 0 saturated carbocycles. The Hall–Kier alpha value is -1.47. The van der Waals surface area contributed by atoms with Crippen molar-refractivity contribution in [2.75, 3.05) is 5.73 Å². The van der Waals surface area contributed by atoms with Gasteiger partial charge in [0.25, 0.3) is 0 Å². The molecule has 20 heavy (non-hydrogen) atoms. The van der Waals surface area contributed by atoms with Gasteiger partial charge in [0.2, 0.25) is 0 Å². The summed E-state index contributed by atoms with van der Waals surface area (Å²) < 4.78 is 64.1. The van der Waals surface area contributed by atoms with Gasteiger partial charge in [-0.2, -0.15) is 0 Å². The van der Waals surface area contributed by atoms with Gasteiger partial charge in [-0.3, -0.25) is 0 Å². The van der Waals surface area contributed by atoms with Crippen LogP contribution in [0, 0.1) is 0 Å². The van der Waals surface area contributed by atoms with Gasteiger partial charge in [0, 0.05) is 10.7 Å². The van der Waals surface area contributed by atoms with E-state index in [1.807, 2.05) is 0 Å². The van der Waals surface area contributed by atoms with Gasteiger partial charge in [0.05, 0.1) is 0 Å². The molecule has 0 aliphatic carbocycles. The largest absolute Gasteiger partial charge is 0.399 e. The molecule has 2 aromatic carbocycles. The Balaban J connectivity index is 2.65. The summed E-state index contributed by atoms with van der Waals surface area (Å²) in [6.45, 7) is 0. The predicted octanol–water partition coefficient (Wildman–Crippen LogP) is 6.25. The standard InChI is InChI=1S/C12H9ClF5NS/c13-10-3-1-8(2-4-10)9-5-11(19)7-12(6-9)20(14,15,16,17)18/h1-7H,19H2. The number of halogens is 6. The Labute approximate surface area is 116 Å². The summed E-state index contributed by atoms with van der Waals surface area (Å²) in [5.74, 6) is 0. The van der Waals surface area contributed by atoms with Crippen molar-refractivity contribution in [3.05, 3.63) is 47.5 Å². The minimum atomic E-state index is -9.76. The first kappa shape index (κ1) is 14.9. The number of hydrogen-bond donors (Lipinski definition) is 1. The number of benzene rings is 2. The maximum atomic E-state index is 12.8. The Morgan fingerprint density at radius 3 is 1.85 bits per heavy atom. The van der Waals surface area contributed by atoms with Gasteiger partial charge in [0.15, 0.2) is 0 Å². The molecule has 0 unspecified atom stereocenters. The molecule has 0 spiro atoms. The van der Waals surface area contributed by atoms with Crippen LogP contribution in [0.3, 0.4) is 0 Å². The zero-order valence-corrected chi connectivity index (χ0v) is 11.4. The van der Waals surface area contributed by atoms with E-state index >= 15 is 0 Å². The summed E-state index contributed by atoms with van der Waals surface area (Å²) in [6.07, 6.45) is 0. The summed E-state index contributed by atoms with van der Waals surface area (Å²) in [4.78, 5) is -2.00. The molecule has 0 aliphatic rings. The van der Waals surface area contributed by atoms with Crippen LogP contribution >= 0.6 is 21.8 Å². The van der Waals surface area contributed by atoms with Crippen LogP contribution in [0.25, 0.3) is 11.1 Å². The first-order valence-electron chi connectivity index (χ1n) is 5.26. The highest BCUT2D eigenvalue weighted by atomic mass is 35.5. The van der Waals surface area contributed by atoms with Crippen molar-refractivity contribution in [3.8, 4) is 11.1 Å². The molecule has 0 saturated heterocycles. The zero-order chi connectivity index (χ0) is 15.2. The molecule has 2 N–H and O–H groups in total. The fourth-order valence-corrected chi connectivity index (χ4v) is 2.49. The van der Waals surface area contributed by atoms with Crippen molar-refractivity contribution in [2.45, 2.75) is 4.90 Å². The molecule has 0 fully saturated rings. The maximum absolute atomic E-state index is 12.8. The Kier molecular flexibility index (Phi) is 2.83. The summed E-state index contributed by atoms with van der Waals surface area (Å²) in [5.41, 5.74) is 5.17. The molecule has 110 valence electrons. The summed E-state index contributed by atoms with van der Waals surface area (Å²) in [7, 11) is -9.76. The van der Waals surface area contributed by atoms with Gasteiger partial charge in [-0.15, -0.1) is 0 Å². The van der Waals surface area contributed by atoms with Gasteiger partial charge in [-0.25, -0.2) is 0 Å². The zero-order valence-electron chi connectivity index (χ0n) is 9.79. The normalized spacial score (nSPS) is 15.5. The van der Waals surface area contributed by atoms with Crippen LogP contribution in [-0.2, 0) is 0 Å². The fraction of sp³-hybridized carbons (Fsp3) is 0. The highest BCUT2D eigenvalue weighted by Gasteiger charge is 2.65. The van der Waals surface area contributed by atoms with Crippen molar-refractivity contribution >= 4 is 27.5 Å². The van der Waals surface area contributed by atoms with E-state index in [9.17, 15) is 19.4 Å². The molecule has 0 radical (unpaired) electrons. The van der Waals surface area contributed by atoms with E-state index in [2.05, 4.69) is 0 Å². The molecule has 2 rings (SSSR count). The van der Waals surface area contributed by atoms with Crippen LogP contribution in [0.5, 0.6) is 0 Å². The number of anilines is 1. The van der Waals surface area contributed by atoms with Gasteiger partial charge in [-0.1, -0.05) is 43.2 Å². The average Bonchev–Trinajstić information content (AvgIpc) is 2.26. The Morgan fingerprint density at radius 1 is 0.800 bits per heavy atom. The second-order valence-corrected chi connectivity index (χ2v) is 7.11. The first-order valence-corrected chi connectivity index (χ1v) is 7.59. The third-order valence-corrected chi connectivity index (χ3v) is 3.93. The monoisotopic (exact) mass is 329 g/mol. The Bertz CT molecular complexity index is 667.